The SMILES string of the molecule is Cc1ncc(CO)c(CN(N)C(C)Cc2ccccc2)c1O. The van der Waals surface area contributed by atoms with Gasteiger partial charge in [-0.05, 0) is 25.8 Å². The number of aromatic hydroxyl groups is 1. The minimum absolute atomic E-state index is 0.0989. The number of hydrogen-bond donors (Lipinski definition) is 3. The largest absolute Gasteiger partial charge is 0.506 e. The number of benzene rings is 1. The summed E-state index contributed by atoms with van der Waals surface area (Å²) >= 11 is 0. The van der Waals surface area contributed by atoms with Crippen LogP contribution >= 0.6 is 0 Å². The molecule has 0 aliphatic heterocycles. The van der Waals surface area contributed by atoms with E-state index in [1.807, 2.05) is 25.1 Å². The number of nitrogens with two attached hydrogens (primary N) is 1. The van der Waals surface area contributed by atoms with Crippen LogP contribution in [0, 0.1) is 6.92 Å². The van der Waals surface area contributed by atoms with Crippen LogP contribution in [0.5, 0.6) is 5.75 Å². The highest BCUT2D eigenvalue weighted by molar-refractivity contribution is 5.40. The first-order valence-corrected chi connectivity index (χ1v) is 7.35. The highest BCUT2D eigenvalue weighted by Crippen LogP contribution is 2.25. The van der Waals surface area contributed by atoms with Gasteiger partial charge in [-0.15, -0.1) is 0 Å². The summed E-state index contributed by atoms with van der Waals surface area (Å²) in [5.74, 6) is 6.27. The van der Waals surface area contributed by atoms with Crippen LogP contribution in [-0.2, 0) is 19.6 Å². The number of nitrogens with zero attached hydrogens (tertiary/aromatic N) is 2. The molecular formula is C17H23N3O2. The third-order valence-electron chi connectivity index (χ3n) is 3.88. The number of pyridine rings is 1. The number of hydrazine groups is 1. The van der Waals surface area contributed by atoms with E-state index in [0.717, 1.165) is 6.42 Å². The molecule has 1 aromatic carbocycles. The Bertz CT molecular complexity index is 617. The van der Waals surface area contributed by atoms with Crippen molar-refractivity contribution in [3.63, 3.8) is 0 Å². The molecule has 5 heteroatoms. The zero-order valence-corrected chi connectivity index (χ0v) is 13.0. The lowest BCUT2D eigenvalue weighted by atomic mass is 10.0. The van der Waals surface area contributed by atoms with Crippen LogP contribution in [0.15, 0.2) is 36.5 Å². The molecule has 0 aliphatic carbocycles. The minimum atomic E-state index is -0.170. The molecule has 22 heavy (non-hydrogen) atoms. The Morgan fingerprint density at radius 2 is 1.95 bits per heavy atom. The molecule has 0 amide bonds. The molecule has 0 saturated heterocycles. The van der Waals surface area contributed by atoms with Gasteiger partial charge in [-0.2, -0.15) is 0 Å². The molecule has 1 aromatic heterocycles. The normalized spacial score (nSPS) is 12.6. The van der Waals surface area contributed by atoms with Crippen molar-refractivity contribution in [3.8, 4) is 5.75 Å². The average Bonchev–Trinajstić information content (AvgIpc) is 2.53. The molecule has 1 heterocycles. The molecular weight excluding hydrogens is 278 g/mol. The Morgan fingerprint density at radius 1 is 1.27 bits per heavy atom. The van der Waals surface area contributed by atoms with Crippen LogP contribution in [0.25, 0.3) is 0 Å². The molecule has 0 saturated carbocycles. The van der Waals surface area contributed by atoms with Crippen molar-refractivity contribution in [1.29, 1.82) is 0 Å². The Kier molecular flexibility index (Phi) is 5.49. The molecule has 0 spiro atoms. The van der Waals surface area contributed by atoms with Gasteiger partial charge in [0.25, 0.3) is 0 Å². The summed E-state index contributed by atoms with van der Waals surface area (Å²) in [7, 11) is 0. The first-order chi connectivity index (χ1) is 10.5. The third-order valence-corrected chi connectivity index (χ3v) is 3.88. The smallest absolute Gasteiger partial charge is 0.141 e. The predicted octanol–water partition coefficient (Wildman–Crippen LogP) is 1.89. The van der Waals surface area contributed by atoms with Crippen LogP contribution in [0.4, 0.5) is 0 Å². The van der Waals surface area contributed by atoms with Gasteiger partial charge < -0.3 is 10.2 Å². The molecule has 5 nitrogen and oxygen atoms in total. The molecule has 1 unspecified atom stereocenters. The van der Waals surface area contributed by atoms with Gasteiger partial charge in [0, 0.05) is 29.9 Å². The number of aliphatic hydroxyl groups is 1. The zero-order chi connectivity index (χ0) is 16.1. The van der Waals surface area contributed by atoms with Crippen molar-refractivity contribution in [2.75, 3.05) is 0 Å². The summed E-state index contributed by atoms with van der Waals surface area (Å²) in [6.07, 6.45) is 2.40. The minimum Gasteiger partial charge on any atom is -0.506 e. The average molecular weight is 301 g/mol. The highest BCUT2D eigenvalue weighted by atomic mass is 16.3. The van der Waals surface area contributed by atoms with Crippen LogP contribution < -0.4 is 5.84 Å². The third kappa shape index (κ3) is 3.82. The fourth-order valence-electron chi connectivity index (χ4n) is 2.41. The van der Waals surface area contributed by atoms with Gasteiger partial charge in [-0.1, -0.05) is 30.3 Å². The van der Waals surface area contributed by atoms with Crippen LogP contribution in [0.2, 0.25) is 0 Å². The lowest BCUT2D eigenvalue weighted by Gasteiger charge is -2.25. The van der Waals surface area contributed by atoms with Crippen molar-refractivity contribution >= 4 is 0 Å². The van der Waals surface area contributed by atoms with Gasteiger partial charge in [0.15, 0.2) is 0 Å². The summed E-state index contributed by atoms with van der Waals surface area (Å²) < 4.78 is 0. The van der Waals surface area contributed by atoms with Crippen LogP contribution in [0.3, 0.4) is 0 Å². The fraction of sp³-hybridized carbons (Fsp3) is 0.353. The molecule has 0 bridgehead atoms. The van der Waals surface area contributed by atoms with Gasteiger partial charge in [-0.25, -0.2) is 5.01 Å². The number of aromatic nitrogens is 1. The molecule has 0 radical (unpaired) electrons. The second kappa shape index (κ2) is 7.35. The maximum atomic E-state index is 10.2. The number of aliphatic hydroxyl groups excluding tert-OH is 1. The second-order valence-electron chi connectivity index (χ2n) is 5.57. The van der Waals surface area contributed by atoms with Crippen molar-refractivity contribution in [2.45, 2.75) is 39.5 Å². The molecule has 2 rings (SSSR count). The molecule has 0 aliphatic rings. The van der Waals surface area contributed by atoms with Crippen LogP contribution in [0.1, 0.15) is 29.3 Å². The van der Waals surface area contributed by atoms with Crippen molar-refractivity contribution in [1.82, 2.24) is 9.99 Å². The van der Waals surface area contributed by atoms with Gasteiger partial charge in [0.2, 0.25) is 0 Å². The zero-order valence-electron chi connectivity index (χ0n) is 13.0. The summed E-state index contributed by atoms with van der Waals surface area (Å²) in [6.45, 7) is 3.96. The van der Waals surface area contributed by atoms with Gasteiger partial charge in [0.1, 0.15) is 5.75 Å². The number of aryl methyl sites for hydroxylation is 1. The fourth-order valence-corrected chi connectivity index (χ4v) is 2.41. The predicted molar refractivity (Wildman–Crippen MR) is 85.9 cm³/mol. The second-order valence-corrected chi connectivity index (χ2v) is 5.57. The van der Waals surface area contributed by atoms with Crippen molar-refractivity contribution in [2.24, 2.45) is 5.84 Å². The summed E-state index contributed by atoms with van der Waals surface area (Å²) in [4.78, 5) is 4.06. The maximum Gasteiger partial charge on any atom is 0.141 e. The topological polar surface area (TPSA) is 82.6 Å². The van der Waals surface area contributed by atoms with E-state index in [2.05, 4.69) is 17.1 Å². The van der Waals surface area contributed by atoms with Gasteiger partial charge >= 0.3 is 0 Å². The molecule has 0 fully saturated rings. The van der Waals surface area contributed by atoms with Gasteiger partial charge in [0.05, 0.1) is 12.3 Å². The van der Waals surface area contributed by atoms with E-state index in [9.17, 15) is 10.2 Å². The molecule has 4 N–H and O–H groups in total. The Morgan fingerprint density at radius 3 is 2.59 bits per heavy atom. The standard InChI is InChI=1S/C17H23N3O2/c1-12(8-14-6-4-3-5-7-14)20(18)10-16-15(11-21)9-19-13(2)17(16)22/h3-7,9,12,21-22H,8,10-11,18H2,1-2H3. The maximum absolute atomic E-state index is 10.2. The van der Waals surface area contributed by atoms with E-state index in [0.29, 0.717) is 23.4 Å². The summed E-state index contributed by atoms with van der Waals surface area (Å²) in [5, 5.41) is 21.3. The van der Waals surface area contributed by atoms with E-state index in [4.69, 9.17) is 5.84 Å². The molecule has 2 aromatic rings. The van der Waals surface area contributed by atoms with E-state index in [1.54, 1.807) is 18.1 Å². The summed E-state index contributed by atoms with van der Waals surface area (Å²) in [6, 6.07) is 10.2. The number of rotatable bonds is 6. The lowest BCUT2D eigenvalue weighted by molar-refractivity contribution is 0.197. The molecule has 1 atom stereocenters. The first-order valence-electron chi connectivity index (χ1n) is 7.35. The molecule has 118 valence electrons. The monoisotopic (exact) mass is 301 g/mol. The van der Waals surface area contributed by atoms with E-state index >= 15 is 0 Å². The first kappa shape index (κ1) is 16.4. The van der Waals surface area contributed by atoms with E-state index in [-0.39, 0.29) is 18.4 Å². The van der Waals surface area contributed by atoms with E-state index < -0.39 is 0 Å². The summed E-state index contributed by atoms with van der Waals surface area (Å²) in [5.41, 5.74) is 2.99. The Hall–Kier alpha value is -1.95. The van der Waals surface area contributed by atoms with Crippen molar-refractivity contribution < 1.29 is 10.2 Å². The van der Waals surface area contributed by atoms with Crippen LogP contribution in [-0.4, -0.2) is 26.2 Å². The highest BCUT2D eigenvalue weighted by Gasteiger charge is 2.17. The van der Waals surface area contributed by atoms with Gasteiger partial charge in [-0.3, -0.25) is 10.8 Å². The lowest BCUT2D eigenvalue weighted by Crippen LogP contribution is -2.40. The Labute approximate surface area is 131 Å². The number of hydrogen-bond acceptors (Lipinski definition) is 5. The van der Waals surface area contributed by atoms with E-state index in [1.165, 1.54) is 5.56 Å². The van der Waals surface area contributed by atoms with Crippen molar-refractivity contribution in [3.05, 3.63) is 58.9 Å². The quantitative estimate of drug-likeness (QED) is 0.561. The Balaban J connectivity index is 2.11.